The van der Waals surface area contributed by atoms with Crippen LogP contribution in [0.1, 0.15) is 15.9 Å². The first-order valence-electron chi connectivity index (χ1n) is 5.72. The van der Waals surface area contributed by atoms with Crippen LogP contribution in [0.5, 0.6) is 0 Å². The molecule has 0 aliphatic carbocycles. The van der Waals surface area contributed by atoms with E-state index in [-0.39, 0.29) is 5.82 Å². The summed E-state index contributed by atoms with van der Waals surface area (Å²) in [5, 5.41) is 0.716. The molecule has 0 aliphatic rings. The van der Waals surface area contributed by atoms with Crippen LogP contribution in [0.15, 0.2) is 30.3 Å². The molecule has 0 radical (unpaired) electrons. The Bertz CT molecular complexity index is 569. The Labute approximate surface area is 115 Å². The lowest BCUT2D eigenvalue weighted by atomic mass is 10.2. The van der Waals surface area contributed by atoms with Crippen molar-refractivity contribution in [2.24, 2.45) is 0 Å². The van der Waals surface area contributed by atoms with Gasteiger partial charge in [-0.2, -0.15) is 4.37 Å². The van der Waals surface area contributed by atoms with Gasteiger partial charge in [0.25, 0.3) is 0 Å². The van der Waals surface area contributed by atoms with Gasteiger partial charge in [-0.3, -0.25) is 0 Å². The Morgan fingerprint density at radius 2 is 2.11 bits per heavy atom. The average Bonchev–Trinajstić information content (AvgIpc) is 2.81. The molecule has 0 bridgehead atoms. The van der Waals surface area contributed by atoms with E-state index in [1.165, 1.54) is 18.6 Å². The number of nitrogens with two attached hydrogens (primary N) is 1. The van der Waals surface area contributed by atoms with E-state index in [1.54, 1.807) is 0 Å². The van der Waals surface area contributed by atoms with Crippen molar-refractivity contribution >= 4 is 28.3 Å². The van der Waals surface area contributed by atoms with E-state index in [9.17, 15) is 4.79 Å². The molecular formula is C13H15N3O2S. The summed E-state index contributed by atoms with van der Waals surface area (Å²) in [6, 6.07) is 9.97. The largest absolute Gasteiger partial charge is 0.465 e. The molecule has 0 saturated heterocycles. The highest BCUT2D eigenvalue weighted by Crippen LogP contribution is 2.31. The Morgan fingerprint density at radius 3 is 2.74 bits per heavy atom. The number of benzene rings is 1. The topological polar surface area (TPSA) is 68.5 Å². The maximum absolute atomic E-state index is 11.7. The van der Waals surface area contributed by atoms with E-state index in [1.807, 2.05) is 42.3 Å². The molecule has 0 spiro atoms. The van der Waals surface area contributed by atoms with Gasteiger partial charge in [0, 0.05) is 13.6 Å². The first-order valence-corrected chi connectivity index (χ1v) is 6.49. The van der Waals surface area contributed by atoms with Gasteiger partial charge in [0.05, 0.1) is 7.11 Å². The lowest BCUT2D eigenvalue weighted by Crippen LogP contribution is -2.18. The predicted octanol–water partition coefficient (Wildman–Crippen LogP) is 2.15. The highest BCUT2D eigenvalue weighted by atomic mass is 32.1. The highest BCUT2D eigenvalue weighted by Gasteiger charge is 2.22. The van der Waals surface area contributed by atoms with Gasteiger partial charge < -0.3 is 15.4 Å². The summed E-state index contributed by atoms with van der Waals surface area (Å²) in [6.45, 7) is 0.673. The van der Waals surface area contributed by atoms with Gasteiger partial charge in [0.1, 0.15) is 10.6 Å². The van der Waals surface area contributed by atoms with Crippen LogP contribution in [0.4, 0.5) is 10.8 Å². The number of hydrogen-bond acceptors (Lipinski definition) is 6. The van der Waals surface area contributed by atoms with Crippen LogP contribution in [0.2, 0.25) is 0 Å². The molecule has 6 heteroatoms. The molecule has 1 heterocycles. The monoisotopic (exact) mass is 277 g/mol. The normalized spacial score (nSPS) is 10.2. The summed E-state index contributed by atoms with van der Waals surface area (Å²) in [5.41, 5.74) is 7.21. The molecule has 2 rings (SSSR count). The minimum atomic E-state index is -0.457. The smallest absolute Gasteiger partial charge is 0.344 e. The van der Waals surface area contributed by atoms with Gasteiger partial charge >= 0.3 is 5.97 Å². The Morgan fingerprint density at radius 1 is 1.42 bits per heavy atom. The molecule has 19 heavy (non-hydrogen) atoms. The van der Waals surface area contributed by atoms with Gasteiger partial charge in [-0.25, -0.2) is 4.79 Å². The molecule has 5 nitrogen and oxygen atoms in total. The summed E-state index contributed by atoms with van der Waals surface area (Å²) in [5.74, 6) is -0.243. The molecule has 2 aromatic rings. The van der Waals surface area contributed by atoms with Gasteiger partial charge in [0.2, 0.25) is 0 Å². The molecule has 0 fully saturated rings. The number of methoxy groups -OCH3 is 1. The summed E-state index contributed by atoms with van der Waals surface area (Å²) >= 11 is 1.20. The Balaban J connectivity index is 2.24. The van der Waals surface area contributed by atoms with Crippen molar-refractivity contribution in [3.05, 3.63) is 41.5 Å². The standard InChI is InChI=1S/C13H15N3O2S/c1-16(8-9-6-4-3-5-7-9)12-10(13(17)18-2)11(14)15-19-12/h3-7H,8H2,1-2H3,(H2,14,15). The minimum absolute atomic E-state index is 0.215. The summed E-state index contributed by atoms with van der Waals surface area (Å²) in [4.78, 5) is 13.7. The molecule has 1 aromatic heterocycles. The number of carbonyl (C=O) groups is 1. The lowest BCUT2D eigenvalue weighted by molar-refractivity contribution is 0.0603. The number of hydrogen-bond donors (Lipinski definition) is 1. The number of esters is 1. The molecular weight excluding hydrogens is 262 g/mol. The van der Waals surface area contributed by atoms with E-state index < -0.39 is 5.97 Å². The van der Waals surface area contributed by atoms with Crippen molar-refractivity contribution in [3.8, 4) is 0 Å². The molecule has 2 N–H and O–H groups in total. The molecule has 0 unspecified atom stereocenters. The van der Waals surface area contributed by atoms with Crippen molar-refractivity contribution in [1.82, 2.24) is 4.37 Å². The van der Waals surface area contributed by atoms with Crippen LogP contribution < -0.4 is 10.6 Å². The molecule has 0 saturated carbocycles. The third kappa shape index (κ3) is 2.85. The summed E-state index contributed by atoms with van der Waals surface area (Å²) in [6.07, 6.45) is 0. The van der Waals surface area contributed by atoms with E-state index in [0.717, 1.165) is 5.56 Å². The SMILES string of the molecule is COC(=O)c1c(N)nsc1N(C)Cc1ccccc1. The number of carbonyl (C=O) groups excluding carboxylic acids is 1. The summed E-state index contributed by atoms with van der Waals surface area (Å²) in [7, 11) is 3.23. The predicted molar refractivity (Wildman–Crippen MR) is 76.4 cm³/mol. The van der Waals surface area contributed by atoms with Crippen molar-refractivity contribution in [2.45, 2.75) is 6.54 Å². The first-order chi connectivity index (χ1) is 9.13. The fraction of sp³-hybridized carbons (Fsp3) is 0.231. The number of anilines is 2. The van der Waals surface area contributed by atoms with Crippen molar-refractivity contribution in [3.63, 3.8) is 0 Å². The first kappa shape index (κ1) is 13.4. The Hall–Kier alpha value is -2.08. The summed E-state index contributed by atoms with van der Waals surface area (Å²) < 4.78 is 8.76. The maximum atomic E-state index is 11.7. The Kier molecular flexibility index (Phi) is 4.01. The van der Waals surface area contributed by atoms with Gasteiger partial charge in [0.15, 0.2) is 5.82 Å². The molecule has 100 valence electrons. The van der Waals surface area contributed by atoms with Crippen molar-refractivity contribution in [1.29, 1.82) is 0 Å². The van der Waals surface area contributed by atoms with Crippen LogP contribution in [0.25, 0.3) is 0 Å². The molecule has 0 amide bonds. The van der Waals surface area contributed by atoms with Crippen molar-refractivity contribution < 1.29 is 9.53 Å². The van der Waals surface area contributed by atoms with Gasteiger partial charge in [-0.1, -0.05) is 30.3 Å². The van der Waals surface area contributed by atoms with E-state index >= 15 is 0 Å². The molecule has 0 atom stereocenters. The highest BCUT2D eigenvalue weighted by molar-refractivity contribution is 7.11. The van der Waals surface area contributed by atoms with Gasteiger partial charge in [-0.15, -0.1) is 0 Å². The second kappa shape index (κ2) is 5.71. The van der Waals surface area contributed by atoms with Gasteiger partial charge in [-0.05, 0) is 17.1 Å². The van der Waals surface area contributed by atoms with E-state index in [2.05, 4.69) is 4.37 Å². The minimum Gasteiger partial charge on any atom is -0.465 e. The number of nitrogens with zero attached hydrogens (tertiary/aromatic N) is 2. The quantitative estimate of drug-likeness (QED) is 0.867. The lowest BCUT2D eigenvalue weighted by Gasteiger charge is -2.18. The second-order valence-corrected chi connectivity index (χ2v) is 4.83. The molecule has 1 aromatic carbocycles. The van der Waals surface area contributed by atoms with Crippen molar-refractivity contribution in [2.75, 3.05) is 24.8 Å². The van der Waals surface area contributed by atoms with Crippen LogP contribution in [0, 0.1) is 0 Å². The third-order valence-corrected chi connectivity index (χ3v) is 3.68. The average molecular weight is 277 g/mol. The number of aromatic nitrogens is 1. The van der Waals surface area contributed by atoms with Crippen LogP contribution in [-0.4, -0.2) is 24.5 Å². The maximum Gasteiger partial charge on any atom is 0.344 e. The number of rotatable bonds is 4. The van der Waals surface area contributed by atoms with Crippen LogP contribution in [-0.2, 0) is 11.3 Å². The fourth-order valence-corrected chi connectivity index (χ4v) is 2.54. The molecule has 0 aliphatic heterocycles. The zero-order chi connectivity index (χ0) is 13.8. The van der Waals surface area contributed by atoms with E-state index in [4.69, 9.17) is 10.5 Å². The fourth-order valence-electron chi connectivity index (χ4n) is 1.78. The van der Waals surface area contributed by atoms with Crippen LogP contribution >= 0.6 is 11.5 Å². The number of ether oxygens (including phenoxy) is 1. The van der Waals surface area contributed by atoms with Crippen LogP contribution in [0.3, 0.4) is 0 Å². The third-order valence-electron chi connectivity index (χ3n) is 2.70. The van der Waals surface area contributed by atoms with E-state index in [0.29, 0.717) is 17.1 Å². The second-order valence-electron chi connectivity index (χ2n) is 4.08. The zero-order valence-electron chi connectivity index (χ0n) is 10.8. The number of nitrogen functional groups attached to an aromatic ring is 1. The zero-order valence-corrected chi connectivity index (χ0v) is 11.6.